The van der Waals surface area contributed by atoms with Gasteiger partial charge in [-0.2, -0.15) is 0 Å². The molecule has 0 amide bonds. The lowest BCUT2D eigenvalue weighted by Gasteiger charge is -2.36. The van der Waals surface area contributed by atoms with Crippen LogP contribution in [0.25, 0.3) is 22.5 Å². The Morgan fingerprint density at radius 1 is 0.926 bits per heavy atom. The molecule has 0 unspecified atom stereocenters. The van der Waals surface area contributed by atoms with Crippen LogP contribution in [-0.2, 0) is 0 Å². The van der Waals surface area contributed by atoms with Crippen LogP contribution in [0.1, 0.15) is 6.92 Å². The first-order valence-corrected chi connectivity index (χ1v) is 9.58. The van der Waals surface area contributed by atoms with Gasteiger partial charge in [-0.3, -0.25) is 0 Å². The van der Waals surface area contributed by atoms with Crippen molar-refractivity contribution < 1.29 is 9.15 Å². The fourth-order valence-electron chi connectivity index (χ4n) is 3.79. The normalized spacial score (nSPS) is 15.1. The summed E-state index contributed by atoms with van der Waals surface area (Å²) < 4.78 is 11.6. The molecule has 1 aliphatic rings. The molecule has 3 aromatic rings. The minimum absolute atomic E-state index is 0.832. The van der Waals surface area contributed by atoms with E-state index in [4.69, 9.17) is 9.15 Å². The van der Waals surface area contributed by atoms with Gasteiger partial charge in [0, 0.05) is 37.4 Å². The van der Waals surface area contributed by atoms with E-state index < -0.39 is 0 Å². The largest absolute Gasteiger partial charge is 0.495 e. The van der Waals surface area contributed by atoms with E-state index in [9.17, 15) is 0 Å². The van der Waals surface area contributed by atoms with Gasteiger partial charge in [-0.1, -0.05) is 37.3 Å². The maximum absolute atomic E-state index is 5.84. The number of rotatable bonds is 5. The van der Waals surface area contributed by atoms with E-state index in [-0.39, 0.29) is 0 Å². The monoisotopic (exact) mass is 362 g/mol. The van der Waals surface area contributed by atoms with E-state index in [1.165, 1.54) is 5.69 Å². The van der Waals surface area contributed by atoms with E-state index in [0.717, 1.165) is 60.9 Å². The van der Waals surface area contributed by atoms with Gasteiger partial charge in [-0.25, -0.2) is 0 Å². The Bertz CT molecular complexity index is 867. The summed E-state index contributed by atoms with van der Waals surface area (Å²) in [5, 5.41) is 0. The minimum atomic E-state index is 0.832. The molecule has 0 radical (unpaired) electrons. The van der Waals surface area contributed by atoms with Crippen molar-refractivity contribution >= 4 is 5.69 Å². The highest BCUT2D eigenvalue weighted by Crippen LogP contribution is 2.42. The highest BCUT2D eigenvalue weighted by Gasteiger charge is 2.21. The molecule has 1 aromatic heterocycles. The summed E-state index contributed by atoms with van der Waals surface area (Å²) in [6.07, 6.45) is 1.71. The van der Waals surface area contributed by atoms with Crippen molar-refractivity contribution in [2.75, 3.05) is 44.7 Å². The second-order valence-corrected chi connectivity index (χ2v) is 6.84. The smallest absolute Gasteiger partial charge is 0.137 e. The summed E-state index contributed by atoms with van der Waals surface area (Å²) >= 11 is 0. The van der Waals surface area contributed by atoms with Crippen LogP contribution in [0.15, 0.2) is 65.3 Å². The summed E-state index contributed by atoms with van der Waals surface area (Å²) in [6.45, 7) is 7.60. The van der Waals surface area contributed by atoms with Crippen molar-refractivity contribution in [3.05, 3.63) is 60.9 Å². The highest BCUT2D eigenvalue weighted by molar-refractivity contribution is 5.85. The Labute approximate surface area is 161 Å². The van der Waals surface area contributed by atoms with Crippen LogP contribution < -0.4 is 9.64 Å². The standard InChI is InChI=1S/C23H26N2O2/c1-3-24-11-13-25(14-12-24)19-16-20(18-8-5-4-6-9-18)23(26-2)21(17-19)22-10-7-15-27-22/h4-10,15-17H,3,11-14H2,1-2H3. The molecule has 1 fully saturated rings. The molecule has 0 saturated carbocycles. The second kappa shape index (κ2) is 7.89. The molecule has 0 aliphatic carbocycles. The predicted octanol–water partition coefficient (Wildman–Crippen LogP) is 4.76. The Morgan fingerprint density at radius 2 is 1.67 bits per heavy atom. The molecule has 1 saturated heterocycles. The summed E-state index contributed by atoms with van der Waals surface area (Å²) in [5.74, 6) is 1.69. The van der Waals surface area contributed by atoms with Gasteiger partial charge in [0.1, 0.15) is 11.5 Å². The number of furan rings is 1. The molecule has 1 aliphatic heterocycles. The first-order chi connectivity index (χ1) is 13.3. The molecule has 0 bridgehead atoms. The Morgan fingerprint density at radius 3 is 2.30 bits per heavy atom. The van der Waals surface area contributed by atoms with E-state index >= 15 is 0 Å². The third-order valence-electron chi connectivity index (χ3n) is 5.33. The number of ether oxygens (including phenoxy) is 1. The number of hydrogen-bond donors (Lipinski definition) is 0. The lowest BCUT2D eigenvalue weighted by Crippen LogP contribution is -2.46. The van der Waals surface area contributed by atoms with Crippen LogP contribution in [0.4, 0.5) is 5.69 Å². The number of hydrogen-bond acceptors (Lipinski definition) is 4. The van der Waals surface area contributed by atoms with Crippen molar-refractivity contribution in [2.24, 2.45) is 0 Å². The van der Waals surface area contributed by atoms with E-state index in [1.54, 1.807) is 13.4 Å². The van der Waals surface area contributed by atoms with E-state index in [2.05, 4.69) is 53.1 Å². The lowest BCUT2D eigenvalue weighted by atomic mass is 9.98. The van der Waals surface area contributed by atoms with Gasteiger partial charge < -0.3 is 19.0 Å². The molecule has 4 heteroatoms. The maximum atomic E-state index is 5.84. The molecule has 2 heterocycles. The van der Waals surface area contributed by atoms with Crippen LogP contribution in [0, 0.1) is 0 Å². The summed E-state index contributed by atoms with van der Waals surface area (Å²) in [6, 6.07) is 18.8. The highest BCUT2D eigenvalue weighted by atomic mass is 16.5. The number of benzene rings is 2. The molecule has 4 rings (SSSR count). The van der Waals surface area contributed by atoms with E-state index in [1.807, 2.05) is 18.2 Å². The molecule has 0 spiro atoms. The summed E-state index contributed by atoms with van der Waals surface area (Å²) in [4.78, 5) is 4.95. The Hall–Kier alpha value is -2.72. The van der Waals surface area contributed by atoms with Gasteiger partial charge in [0.15, 0.2) is 0 Å². The molecular weight excluding hydrogens is 336 g/mol. The van der Waals surface area contributed by atoms with Crippen LogP contribution in [0.3, 0.4) is 0 Å². The Kier molecular flexibility index (Phi) is 5.16. The predicted molar refractivity (Wildman–Crippen MR) is 110 cm³/mol. The fourth-order valence-corrected chi connectivity index (χ4v) is 3.79. The van der Waals surface area contributed by atoms with Crippen LogP contribution in [-0.4, -0.2) is 44.7 Å². The number of likely N-dealkylation sites (N-methyl/N-ethyl adjacent to an activating group) is 1. The quantitative estimate of drug-likeness (QED) is 0.654. The average molecular weight is 362 g/mol. The Balaban J connectivity index is 1.82. The zero-order valence-corrected chi connectivity index (χ0v) is 16.0. The van der Waals surface area contributed by atoms with Gasteiger partial charge in [-0.05, 0) is 36.4 Å². The van der Waals surface area contributed by atoms with Crippen molar-refractivity contribution in [3.8, 4) is 28.2 Å². The number of methoxy groups -OCH3 is 1. The molecule has 2 aromatic carbocycles. The maximum Gasteiger partial charge on any atom is 0.137 e. The van der Waals surface area contributed by atoms with Crippen LogP contribution in [0.2, 0.25) is 0 Å². The van der Waals surface area contributed by atoms with Gasteiger partial charge in [0.2, 0.25) is 0 Å². The zero-order chi connectivity index (χ0) is 18.6. The average Bonchev–Trinajstić information content (AvgIpc) is 3.28. The van der Waals surface area contributed by atoms with Gasteiger partial charge in [-0.15, -0.1) is 0 Å². The van der Waals surface area contributed by atoms with Crippen molar-refractivity contribution in [1.82, 2.24) is 4.90 Å². The molecular formula is C23H26N2O2. The van der Waals surface area contributed by atoms with Gasteiger partial charge in [0.25, 0.3) is 0 Å². The zero-order valence-electron chi connectivity index (χ0n) is 16.0. The van der Waals surface area contributed by atoms with E-state index in [0.29, 0.717) is 0 Å². The summed E-state index contributed by atoms with van der Waals surface area (Å²) in [7, 11) is 1.73. The van der Waals surface area contributed by atoms with Crippen molar-refractivity contribution in [2.45, 2.75) is 6.92 Å². The molecule has 0 N–H and O–H groups in total. The van der Waals surface area contributed by atoms with Crippen molar-refractivity contribution in [1.29, 1.82) is 0 Å². The fraction of sp³-hybridized carbons (Fsp3) is 0.304. The molecule has 140 valence electrons. The first kappa shape index (κ1) is 17.7. The second-order valence-electron chi connectivity index (χ2n) is 6.84. The SMILES string of the molecule is CCN1CCN(c2cc(-c3ccccc3)c(OC)c(-c3ccco3)c2)CC1. The lowest BCUT2D eigenvalue weighted by molar-refractivity contribution is 0.271. The number of anilines is 1. The third-order valence-corrected chi connectivity index (χ3v) is 5.33. The van der Waals surface area contributed by atoms with Gasteiger partial charge >= 0.3 is 0 Å². The first-order valence-electron chi connectivity index (χ1n) is 9.58. The molecule has 0 atom stereocenters. The third kappa shape index (κ3) is 3.58. The van der Waals surface area contributed by atoms with Gasteiger partial charge in [0.05, 0.1) is 18.9 Å². The van der Waals surface area contributed by atoms with Crippen molar-refractivity contribution in [3.63, 3.8) is 0 Å². The topological polar surface area (TPSA) is 28.9 Å². The molecule has 4 nitrogen and oxygen atoms in total. The van der Waals surface area contributed by atoms with Crippen LogP contribution in [0.5, 0.6) is 5.75 Å². The van der Waals surface area contributed by atoms with Crippen LogP contribution >= 0.6 is 0 Å². The molecule has 27 heavy (non-hydrogen) atoms. The number of nitrogens with zero attached hydrogens (tertiary/aromatic N) is 2. The number of piperazine rings is 1. The summed E-state index contributed by atoms with van der Waals surface area (Å²) in [5.41, 5.74) is 4.46. The minimum Gasteiger partial charge on any atom is -0.495 e.